The Kier molecular flexibility index (Phi) is 7.87. The molecule has 0 fully saturated rings. The molecule has 0 unspecified atom stereocenters. The highest BCUT2D eigenvalue weighted by Crippen LogP contribution is 2.43. The monoisotopic (exact) mass is 782 g/mol. The van der Waals surface area contributed by atoms with Gasteiger partial charge in [0.2, 0.25) is 5.71 Å². The fourth-order valence-corrected chi connectivity index (χ4v) is 14.7. The second-order valence-corrected chi connectivity index (χ2v) is 19.4. The second kappa shape index (κ2) is 13.7. The van der Waals surface area contributed by atoms with Crippen molar-refractivity contribution in [3.8, 4) is 22.5 Å². The predicted octanol–water partition coefficient (Wildman–Crippen LogP) is 11.7. The van der Waals surface area contributed by atoms with Crippen LogP contribution in [0.5, 0.6) is 0 Å². The summed E-state index contributed by atoms with van der Waals surface area (Å²) in [6.07, 6.45) is 0. The molecule has 0 atom stereocenters. The standard InChI is InChI=1S/C56H38N2OSi/c1-5-18-40(19-6-1)58-55-46(28-17-29-49(55)54-48-27-14-16-31-53(48)59-56(54)58)39-32-34-41(35-33-39)57-51-30-15-13-26-47(51)50-38-45(36-37-52(50)57)60(42-20-7-2-8-21-42,43-22-9-3-10-23-43)44-24-11-4-12-25-44/h1-38H. The molecule has 0 aliphatic rings. The van der Waals surface area contributed by atoms with Gasteiger partial charge in [0.15, 0.2) is 8.07 Å². The zero-order valence-electron chi connectivity index (χ0n) is 32.7. The summed E-state index contributed by atoms with van der Waals surface area (Å²) in [6, 6.07) is 84.3. The molecule has 0 bridgehead atoms. The number of para-hydroxylation sites is 4. The molecule has 0 aliphatic carbocycles. The number of hydrogen-bond donors (Lipinski definition) is 0. The minimum absolute atomic E-state index is 0.866. The van der Waals surface area contributed by atoms with E-state index in [2.05, 4.69) is 234 Å². The van der Waals surface area contributed by atoms with Gasteiger partial charge in [-0.1, -0.05) is 188 Å². The predicted molar refractivity (Wildman–Crippen MR) is 254 cm³/mol. The number of nitrogens with zero attached hydrogens (tertiary/aromatic N) is 2. The number of hydrogen-bond acceptors (Lipinski definition) is 1. The van der Waals surface area contributed by atoms with Gasteiger partial charge < -0.3 is 8.98 Å². The zero-order chi connectivity index (χ0) is 39.6. The Hall–Kier alpha value is -7.66. The number of rotatable bonds is 7. The van der Waals surface area contributed by atoms with Crippen LogP contribution >= 0.6 is 0 Å². The first kappa shape index (κ1) is 34.4. The summed E-state index contributed by atoms with van der Waals surface area (Å²) in [5.74, 6) is 0. The van der Waals surface area contributed by atoms with Crippen molar-refractivity contribution in [2.75, 3.05) is 0 Å². The highest BCUT2D eigenvalue weighted by Gasteiger charge is 2.41. The van der Waals surface area contributed by atoms with Crippen LogP contribution in [0.2, 0.25) is 0 Å². The fraction of sp³-hybridized carbons (Fsp3) is 0. The fourth-order valence-electron chi connectivity index (χ4n) is 9.93. The van der Waals surface area contributed by atoms with E-state index in [1.807, 2.05) is 6.07 Å². The molecule has 282 valence electrons. The van der Waals surface area contributed by atoms with Gasteiger partial charge in [-0.2, -0.15) is 0 Å². The summed E-state index contributed by atoms with van der Waals surface area (Å²) in [4.78, 5) is 0. The summed E-state index contributed by atoms with van der Waals surface area (Å²) in [5.41, 5.74) is 9.80. The first-order valence-electron chi connectivity index (χ1n) is 20.6. The molecule has 0 N–H and O–H groups in total. The maximum absolute atomic E-state index is 6.63. The van der Waals surface area contributed by atoms with Gasteiger partial charge in [-0.3, -0.25) is 4.57 Å². The van der Waals surface area contributed by atoms with E-state index < -0.39 is 8.07 Å². The van der Waals surface area contributed by atoms with Crippen molar-refractivity contribution in [3.05, 3.63) is 231 Å². The van der Waals surface area contributed by atoms with Crippen molar-refractivity contribution >= 4 is 83.6 Å². The van der Waals surface area contributed by atoms with E-state index in [0.717, 1.165) is 50.1 Å². The van der Waals surface area contributed by atoms with Crippen LogP contribution in [0.15, 0.2) is 235 Å². The first-order chi connectivity index (χ1) is 29.8. The Bertz CT molecular complexity index is 3420. The maximum atomic E-state index is 6.63. The lowest BCUT2D eigenvalue weighted by atomic mass is 10.0. The van der Waals surface area contributed by atoms with Crippen LogP contribution in [0.1, 0.15) is 0 Å². The number of furan rings is 1. The summed E-state index contributed by atoms with van der Waals surface area (Å²) >= 11 is 0. The van der Waals surface area contributed by atoms with Gasteiger partial charge in [0.05, 0.1) is 21.9 Å². The third-order valence-electron chi connectivity index (χ3n) is 12.5. The average Bonchev–Trinajstić information content (AvgIpc) is 3.98. The lowest BCUT2D eigenvalue weighted by Crippen LogP contribution is -2.74. The molecule has 3 heterocycles. The third kappa shape index (κ3) is 5.08. The molecule has 0 amide bonds. The van der Waals surface area contributed by atoms with Crippen LogP contribution in [0.3, 0.4) is 0 Å². The second-order valence-electron chi connectivity index (χ2n) is 15.6. The van der Waals surface area contributed by atoms with Crippen LogP contribution in [-0.2, 0) is 0 Å². The van der Waals surface area contributed by atoms with Crippen molar-refractivity contribution in [1.29, 1.82) is 0 Å². The lowest BCUT2D eigenvalue weighted by Gasteiger charge is -2.34. The third-order valence-corrected chi connectivity index (χ3v) is 17.3. The normalized spacial score (nSPS) is 12.0. The van der Waals surface area contributed by atoms with E-state index in [4.69, 9.17) is 4.42 Å². The smallest absolute Gasteiger partial charge is 0.213 e. The summed E-state index contributed by atoms with van der Waals surface area (Å²) in [5, 5.41) is 11.4. The van der Waals surface area contributed by atoms with Gasteiger partial charge in [-0.25, -0.2) is 0 Å². The van der Waals surface area contributed by atoms with E-state index in [1.54, 1.807) is 0 Å². The van der Waals surface area contributed by atoms with Crippen LogP contribution in [0.25, 0.3) is 77.3 Å². The van der Waals surface area contributed by atoms with Gasteiger partial charge in [-0.05, 0) is 68.8 Å². The van der Waals surface area contributed by atoms with E-state index in [1.165, 1.54) is 47.9 Å². The molecule has 4 heteroatoms. The lowest BCUT2D eigenvalue weighted by molar-refractivity contribution is 0.645. The SMILES string of the molecule is c1ccc(-n2c3oc4ccccc4c3c3cccc(-c4ccc(-n5c6ccccc6c6cc([Si](c7ccccc7)(c7ccccc7)c7ccccc7)ccc65)cc4)c32)cc1. The highest BCUT2D eigenvalue weighted by atomic mass is 28.3. The van der Waals surface area contributed by atoms with Crippen molar-refractivity contribution in [2.45, 2.75) is 0 Å². The Morgan fingerprint density at radius 2 is 0.883 bits per heavy atom. The van der Waals surface area contributed by atoms with E-state index in [-0.39, 0.29) is 0 Å². The molecular weight excluding hydrogens is 745 g/mol. The van der Waals surface area contributed by atoms with Crippen molar-refractivity contribution < 1.29 is 4.42 Å². The molecule has 12 rings (SSSR count). The largest absolute Gasteiger partial charge is 0.439 e. The molecule has 60 heavy (non-hydrogen) atoms. The topological polar surface area (TPSA) is 23.0 Å². The van der Waals surface area contributed by atoms with E-state index in [0.29, 0.717) is 0 Å². The Labute approximate surface area is 348 Å². The molecule has 0 saturated heterocycles. The number of fused-ring (bicyclic) bond motifs is 8. The summed E-state index contributed by atoms with van der Waals surface area (Å²) < 4.78 is 11.4. The molecule has 9 aromatic carbocycles. The van der Waals surface area contributed by atoms with Crippen molar-refractivity contribution in [3.63, 3.8) is 0 Å². The Morgan fingerprint density at radius 3 is 1.55 bits per heavy atom. The quantitative estimate of drug-likeness (QED) is 0.117. The highest BCUT2D eigenvalue weighted by molar-refractivity contribution is 7.20. The average molecular weight is 783 g/mol. The number of benzene rings is 9. The zero-order valence-corrected chi connectivity index (χ0v) is 33.7. The van der Waals surface area contributed by atoms with Gasteiger partial charge in [-0.15, -0.1) is 0 Å². The van der Waals surface area contributed by atoms with Gasteiger partial charge in [0.25, 0.3) is 0 Å². The minimum Gasteiger partial charge on any atom is -0.439 e. The molecular formula is C56H38N2OSi. The van der Waals surface area contributed by atoms with Crippen LogP contribution in [0.4, 0.5) is 0 Å². The molecule has 3 aromatic heterocycles. The van der Waals surface area contributed by atoms with Crippen LogP contribution in [-0.4, -0.2) is 17.2 Å². The van der Waals surface area contributed by atoms with Crippen molar-refractivity contribution in [2.24, 2.45) is 0 Å². The van der Waals surface area contributed by atoms with Crippen molar-refractivity contribution in [1.82, 2.24) is 9.13 Å². The molecule has 0 saturated carbocycles. The molecule has 3 nitrogen and oxygen atoms in total. The molecule has 0 aliphatic heterocycles. The summed E-state index contributed by atoms with van der Waals surface area (Å²) in [6.45, 7) is 0. The minimum atomic E-state index is -2.71. The van der Waals surface area contributed by atoms with Crippen LogP contribution in [0, 0.1) is 0 Å². The number of aromatic nitrogens is 2. The Morgan fingerprint density at radius 1 is 0.350 bits per heavy atom. The van der Waals surface area contributed by atoms with Gasteiger partial charge in [0, 0.05) is 38.5 Å². The molecule has 0 radical (unpaired) electrons. The molecule has 12 aromatic rings. The first-order valence-corrected chi connectivity index (χ1v) is 22.6. The van der Waals surface area contributed by atoms with Gasteiger partial charge in [0.1, 0.15) is 5.58 Å². The molecule has 0 spiro atoms. The van der Waals surface area contributed by atoms with Gasteiger partial charge >= 0.3 is 0 Å². The maximum Gasteiger partial charge on any atom is 0.213 e. The van der Waals surface area contributed by atoms with E-state index >= 15 is 0 Å². The Balaban J connectivity index is 1.05. The van der Waals surface area contributed by atoms with Crippen LogP contribution < -0.4 is 20.7 Å². The summed E-state index contributed by atoms with van der Waals surface area (Å²) in [7, 11) is -2.71. The van der Waals surface area contributed by atoms with E-state index in [9.17, 15) is 0 Å².